The summed E-state index contributed by atoms with van der Waals surface area (Å²) < 4.78 is 7.06. The van der Waals surface area contributed by atoms with Crippen molar-refractivity contribution in [2.45, 2.75) is 20.8 Å². The van der Waals surface area contributed by atoms with Crippen LogP contribution < -0.4 is 10.3 Å². The summed E-state index contributed by atoms with van der Waals surface area (Å²) in [6, 6.07) is 18.6. The largest absolute Gasteiger partial charge is 0.422 e. The third kappa shape index (κ3) is 3.50. The van der Waals surface area contributed by atoms with Gasteiger partial charge < -0.3 is 4.74 Å². The molecule has 4 rings (SSSR count). The second-order valence-electron chi connectivity index (χ2n) is 7.52. The van der Waals surface area contributed by atoms with E-state index in [0.29, 0.717) is 16.7 Å². The monoisotopic (exact) mass is 398 g/mol. The summed E-state index contributed by atoms with van der Waals surface area (Å²) in [5, 5.41) is 5.91. The maximum Gasteiger partial charge on any atom is 0.343 e. The number of hydrogen-bond donors (Lipinski definition) is 0. The van der Waals surface area contributed by atoms with E-state index in [9.17, 15) is 9.59 Å². The van der Waals surface area contributed by atoms with Crippen molar-refractivity contribution >= 4 is 16.7 Å². The Kier molecular flexibility index (Phi) is 4.96. The lowest BCUT2D eigenvalue weighted by molar-refractivity contribution is 0.0732. The Morgan fingerprint density at radius 2 is 1.50 bits per heavy atom. The molecule has 0 aliphatic rings. The van der Waals surface area contributed by atoms with Crippen molar-refractivity contribution < 1.29 is 9.53 Å². The van der Waals surface area contributed by atoms with E-state index in [0.717, 1.165) is 33.3 Å². The van der Waals surface area contributed by atoms with Gasteiger partial charge in [0.2, 0.25) is 0 Å². The topological polar surface area (TPSA) is 61.2 Å². The van der Waals surface area contributed by atoms with Crippen LogP contribution in [0.5, 0.6) is 5.75 Å². The molecular formula is C25H22N2O3. The quantitative estimate of drug-likeness (QED) is 0.369. The lowest BCUT2D eigenvalue weighted by Crippen LogP contribution is -2.20. The Hall–Kier alpha value is -3.73. The number of hydrogen-bond acceptors (Lipinski definition) is 4. The Morgan fingerprint density at radius 1 is 0.900 bits per heavy atom. The zero-order chi connectivity index (χ0) is 21.4. The van der Waals surface area contributed by atoms with Gasteiger partial charge in [-0.1, -0.05) is 35.9 Å². The Balaban J connectivity index is 1.76. The van der Waals surface area contributed by atoms with Gasteiger partial charge in [0.1, 0.15) is 5.75 Å². The maximum atomic E-state index is 12.6. The van der Waals surface area contributed by atoms with E-state index in [1.54, 1.807) is 25.2 Å². The molecule has 0 aliphatic heterocycles. The first-order valence-corrected chi connectivity index (χ1v) is 9.71. The molecular weight excluding hydrogens is 376 g/mol. The molecule has 150 valence electrons. The molecule has 0 bridgehead atoms. The van der Waals surface area contributed by atoms with Crippen LogP contribution in [-0.4, -0.2) is 15.7 Å². The summed E-state index contributed by atoms with van der Waals surface area (Å²) in [6.45, 7) is 5.77. The molecule has 1 heterocycles. The summed E-state index contributed by atoms with van der Waals surface area (Å²) in [7, 11) is 1.65. The highest BCUT2D eigenvalue weighted by Gasteiger charge is 2.16. The van der Waals surface area contributed by atoms with Gasteiger partial charge in [0.05, 0.1) is 16.6 Å². The summed E-state index contributed by atoms with van der Waals surface area (Å²) in [5.74, 6) is 0.151. The number of rotatable bonds is 3. The van der Waals surface area contributed by atoms with Crippen molar-refractivity contribution in [3.63, 3.8) is 0 Å². The van der Waals surface area contributed by atoms with Gasteiger partial charge in [-0.15, -0.1) is 0 Å². The first-order valence-electron chi connectivity index (χ1n) is 9.71. The van der Waals surface area contributed by atoms with E-state index >= 15 is 0 Å². The number of carbonyl (C=O) groups is 1. The third-order valence-electron chi connectivity index (χ3n) is 5.17. The molecule has 4 aromatic rings. The van der Waals surface area contributed by atoms with Crippen LogP contribution >= 0.6 is 0 Å². The van der Waals surface area contributed by atoms with Gasteiger partial charge in [0.15, 0.2) is 0 Å². The molecule has 0 fully saturated rings. The van der Waals surface area contributed by atoms with Crippen molar-refractivity contribution in [1.29, 1.82) is 0 Å². The number of esters is 1. The summed E-state index contributed by atoms with van der Waals surface area (Å²) >= 11 is 0. The molecule has 5 nitrogen and oxygen atoms in total. The maximum absolute atomic E-state index is 12.6. The van der Waals surface area contributed by atoms with Crippen LogP contribution in [-0.2, 0) is 7.05 Å². The van der Waals surface area contributed by atoms with E-state index in [-0.39, 0.29) is 11.5 Å². The molecule has 0 spiro atoms. The molecule has 0 saturated carbocycles. The molecule has 0 radical (unpaired) electrons. The third-order valence-corrected chi connectivity index (χ3v) is 5.17. The fourth-order valence-corrected chi connectivity index (χ4v) is 3.60. The van der Waals surface area contributed by atoms with Crippen LogP contribution in [0.3, 0.4) is 0 Å². The summed E-state index contributed by atoms with van der Waals surface area (Å²) in [6.07, 6.45) is 0. The van der Waals surface area contributed by atoms with Gasteiger partial charge in [0, 0.05) is 18.0 Å². The average molecular weight is 398 g/mol. The Morgan fingerprint density at radius 3 is 2.13 bits per heavy atom. The molecule has 1 aromatic heterocycles. The molecule has 3 aromatic carbocycles. The van der Waals surface area contributed by atoms with Crippen molar-refractivity contribution in [2.75, 3.05) is 0 Å². The highest BCUT2D eigenvalue weighted by Crippen LogP contribution is 2.32. The van der Waals surface area contributed by atoms with Crippen LogP contribution in [0.15, 0.2) is 65.5 Å². The average Bonchev–Trinajstić information content (AvgIpc) is 2.73. The normalized spacial score (nSPS) is 10.9. The highest BCUT2D eigenvalue weighted by atomic mass is 16.5. The number of nitrogens with zero attached hydrogens (tertiary/aromatic N) is 2. The van der Waals surface area contributed by atoms with Crippen LogP contribution in [0.4, 0.5) is 0 Å². The highest BCUT2D eigenvalue weighted by molar-refractivity contribution is 5.94. The van der Waals surface area contributed by atoms with Crippen molar-refractivity contribution in [1.82, 2.24) is 9.78 Å². The number of carbonyl (C=O) groups excluding carboxylic acids is 1. The second-order valence-corrected chi connectivity index (χ2v) is 7.52. The van der Waals surface area contributed by atoms with Gasteiger partial charge in [-0.05, 0) is 62.2 Å². The van der Waals surface area contributed by atoms with E-state index in [2.05, 4.69) is 5.10 Å². The second kappa shape index (κ2) is 7.59. The predicted octanol–water partition coefficient (Wildman–Crippen LogP) is 4.74. The molecule has 30 heavy (non-hydrogen) atoms. The fourth-order valence-electron chi connectivity index (χ4n) is 3.60. The number of ether oxygens (including phenoxy) is 1. The first-order chi connectivity index (χ1) is 14.3. The smallest absolute Gasteiger partial charge is 0.343 e. The fraction of sp³-hybridized carbons (Fsp3) is 0.160. The van der Waals surface area contributed by atoms with Gasteiger partial charge in [-0.3, -0.25) is 4.79 Å². The van der Waals surface area contributed by atoms with E-state index < -0.39 is 0 Å². The number of fused-ring (bicyclic) bond motifs is 1. The molecule has 0 N–H and O–H groups in total. The van der Waals surface area contributed by atoms with Crippen molar-refractivity contribution in [3.05, 3.63) is 93.3 Å². The predicted molar refractivity (Wildman–Crippen MR) is 118 cm³/mol. The van der Waals surface area contributed by atoms with Crippen LogP contribution in [0.2, 0.25) is 0 Å². The minimum Gasteiger partial charge on any atom is -0.422 e. The van der Waals surface area contributed by atoms with Gasteiger partial charge >= 0.3 is 5.97 Å². The standard InChI is InChI=1S/C25H22N2O3/c1-15-9-11-18(12-10-15)25(29)30-23-16(2)13-19(14-17(23)3)22-20-7-5-6-8-21(20)24(28)27(4)26-22/h5-14H,1-4H3. The summed E-state index contributed by atoms with van der Waals surface area (Å²) in [5.41, 5.74) is 4.69. The molecule has 0 unspecified atom stereocenters. The van der Waals surface area contributed by atoms with E-state index in [4.69, 9.17) is 4.74 Å². The lowest BCUT2D eigenvalue weighted by Gasteiger charge is -2.14. The van der Waals surface area contributed by atoms with E-state index in [1.165, 1.54) is 4.68 Å². The van der Waals surface area contributed by atoms with Gasteiger partial charge in [-0.2, -0.15) is 5.10 Å². The van der Waals surface area contributed by atoms with Crippen LogP contribution in [0, 0.1) is 20.8 Å². The minimum atomic E-state index is -0.389. The molecule has 0 atom stereocenters. The molecule has 0 aliphatic carbocycles. The van der Waals surface area contributed by atoms with Crippen molar-refractivity contribution in [2.24, 2.45) is 7.05 Å². The van der Waals surface area contributed by atoms with Crippen LogP contribution in [0.25, 0.3) is 22.0 Å². The van der Waals surface area contributed by atoms with Gasteiger partial charge in [-0.25, -0.2) is 9.48 Å². The lowest BCUT2D eigenvalue weighted by atomic mass is 10.00. The van der Waals surface area contributed by atoms with E-state index in [1.807, 2.05) is 63.2 Å². The molecule has 0 saturated heterocycles. The molecule has 0 amide bonds. The zero-order valence-electron chi connectivity index (χ0n) is 17.4. The first kappa shape index (κ1) is 19.6. The number of aryl methyl sites for hydroxylation is 4. The number of aromatic nitrogens is 2. The SMILES string of the molecule is Cc1ccc(C(=O)Oc2c(C)cc(-c3nn(C)c(=O)c4ccccc34)cc2C)cc1. The van der Waals surface area contributed by atoms with Crippen molar-refractivity contribution in [3.8, 4) is 17.0 Å². The summed E-state index contributed by atoms with van der Waals surface area (Å²) in [4.78, 5) is 25.0. The van der Waals surface area contributed by atoms with Gasteiger partial charge in [0.25, 0.3) is 5.56 Å². The number of benzene rings is 3. The Bertz CT molecular complexity index is 1310. The Labute approximate surface area is 174 Å². The zero-order valence-corrected chi connectivity index (χ0v) is 17.4. The van der Waals surface area contributed by atoms with Crippen LogP contribution in [0.1, 0.15) is 27.0 Å². The minimum absolute atomic E-state index is 0.133. The molecule has 5 heteroatoms.